The van der Waals surface area contributed by atoms with Crippen molar-refractivity contribution in [2.24, 2.45) is 0 Å². The van der Waals surface area contributed by atoms with Gasteiger partial charge in [-0.15, -0.1) is 0 Å². The first-order chi connectivity index (χ1) is 16.9. The molecule has 1 saturated heterocycles. The molecule has 1 N–H and O–H groups in total. The number of aliphatic hydroxyl groups excluding tert-OH is 1. The molecule has 1 aliphatic rings. The lowest BCUT2D eigenvalue weighted by Gasteiger charge is -2.38. The van der Waals surface area contributed by atoms with Crippen LogP contribution in [-0.2, 0) is 16.8 Å². The highest BCUT2D eigenvalue weighted by molar-refractivity contribution is 5.69. The number of aliphatic hydroxyl groups is 1. The van der Waals surface area contributed by atoms with Gasteiger partial charge in [-0.2, -0.15) is 0 Å². The summed E-state index contributed by atoms with van der Waals surface area (Å²) in [7, 11) is 0. The van der Waals surface area contributed by atoms with Crippen molar-refractivity contribution in [3.05, 3.63) is 65.2 Å². The van der Waals surface area contributed by atoms with E-state index < -0.39 is 6.10 Å². The van der Waals surface area contributed by atoms with Gasteiger partial charge >= 0.3 is 6.09 Å². The lowest BCUT2D eigenvalue weighted by atomic mass is 9.79. The van der Waals surface area contributed by atoms with E-state index in [1.165, 1.54) is 31.2 Å². The van der Waals surface area contributed by atoms with Crippen LogP contribution in [0.3, 0.4) is 0 Å². The van der Waals surface area contributed by atoms with Gasteiger partial charge in [-0.3, -0.25) is 0 Å². The number of ether oxygens (including phenoxy) is 2. The first-order valence-electron chi connectivity index (χ1n) is 13.3. The molecule has 2 aromatic carbocycles. The third kappa shape index (κ3) is 7.47. The van der Waals surface area contributed by atoms with Crippen LogP contribution in [0.15, 0.2) is 48.5 Å². The summed E-state index contributed by atoms with van der Waals surface area (Å²) in [6.07, 6.45) is 6.31. The number of nitrogens with zero attached hydrogens (tertiary/aromatic N) is 1. The van der Waals surface area contributed by atoms with Gasteiger partial charge in [-0.05, 0) is 48.8 Å². The largest absolute Gasteiger partial charge is 0.489 e. The predicted molar refractivity (Wildman–Crippen MR) is 141 cm³/mol. The van der Waals surface area contributed by atoms with Crippen LogP contribution in [0.25, 0.3) is 0 Å². The molecule has 1 amide bonds. The summed E-state index contributed by atoms with van der Waals surface area (Å²) in [4.78, 5) is 14.5. The van der Waals surface area contributed by atoms with Gasteiger partial charge in [-0.1, -0.05) is 88.9 Å². The van der Waals surface area contributed by atoms with Crippen LogP contribution in [0.1, 0.15) is 95.4 Å². The molecule has 0 spiro atoms. The van der Waals surface area contributed by atoms with E-state index in [2.05, 4.69) is 51.1 Å². The Morgan fingerprint density at radius 2 is 1.86 bits per heavy atom. The fraction of sp³-hybridized carbons (Fsp3) is 0.567. The number of carbonyl (C=O) groups is 1. The fourth-order valence-electron chi connectivity index (χ4n) is 4.90. The minimum Gasteiger partial charge on any atom is -0.489 e. The van der Waals surface area contributed by atoms with Gasteiger partial charge in [0.25, 0.3) is 0 Å². The lowest BCUT2D eigenvalue weighted by Crippen LogP contribution is -2.43. The van der Waals surface area contributed by atoms with Crippen molar-refractivity contribution >= 4 is 6.09 Å². The summed E-state index contributed by atoms with van der Waals surface area (Å²) in [6, 6.07) is 16.3. The monoisotopic (exact) mass is 481 g/mol. The summed E-state index contributed by atoms with van der Waals surface area (Å²) >= 11 is 0. The van der Waals surface area contributed by atoms with E-state index in [0.29, 0.717) is 32.6 Å². The van der Waals surface area contributed by atoms with Crippen LogP contribution >= 0.6 is 0 Å². The number of carbonyl (C=O) groups excluding carboxylic acids is 1. The molecule has 35 heavy (non-hydrogen) atoms. The zero-order chi connectivity index (χ0) is 25.3. The van der Waals surface area contributed by atoms with Crippen LogP contribution in [0.5, 0.6) is 5.75 Å². The van der Waals surface area contributed by atoms with Crippen molar-refractivity contribution in [2.75, 3.05) is 13.2 Å². The number of amides is 1. The molecule has 1 fully saturated rings. The summed E-state index contributed by atoms with van der Waals surface area (Å²) in [6.45, 7) is 9.89. The Morgan fingerprint density at radius 1 is 1.09 bits per heavy atom. The van der Waals surface area contributed by atoms with Gasteiger partial charge < -0.3 is 19.5 Å². The maximum atomic E-state index is 12.8. The van der Waals surface area contributed by atoms with Gasteiger partial charge in [0.2, 0.25) is 0 Å². The molecule has 0 saturated carbocycles. The number of likely N-dealkylation sites (tertiary alicyclic amines) is 1. The quantitative estimate of drug-likeness (QED) is 0.346. The Morgan fingerprint density at radius 3 is 2.57 bits per heavy atom. The smallest absolute Gasteiger partial charge is 0.410 e. The SMILES string of the molecule is CCCCCCC(C)(C)c1ccc(C2CC(O)CCN2C(=O)OCC)c(OCc2ccccc2)c1. The van der Waals surface area contributed by atoms with E-state index in [1.807, 2.05) is 25.1 Å². The van der Waals surface area contributed by atoms with Gasteiger partial charge in [0.05, 0.1) is 18.8 Å². The molecule has 2 unspecified atom stereocenters. The molecule has 1 aliphatic heterocycles. The van der Waals surface area contributed by atoms with E-state index in [1.54, 1.807) is 4.90 Å². The van der Waals surface area contributed by atoms with E-state index in [0.717, 1.165) is 23.3 Å². The molecule has 2 atom stereocenters. The summed E-state index contributed by atoms with van der Waals surface area (Å²) < 4.78 is 11.8. The first kappa shape index (κ1) is 27.1. The Hall–Kier alpha value is -2.53. The highest BCUT2D eigenvalue weighted by Gasteiger charge is 2.35. The average molecular weight is 482 g/mol. The molecule has 192 valence electrons. The third-order valence-electron chi connectivity index (χ3n) is 7.12. The molecule has 0 aliphatic carbocycles. The second-order valence-corrected chi connectivity index (χ2v) is 10.3. The van der Waals surface area contributed by atoms with Crippen molar-refractivity contribution in [2.45, 2.75) is 96.8 Å². The minimum absolute atomic E-state index is 0.0179. The van der Waals surface area contributed by atoms with Crippen molar-refractivity contribution in [1.29, 1.82) is 0 Å². The molecule has 1 heterocycles. The van der Waals surface area contributed by atoms with E-state index in [9.17, 15) is 9.90 Å². The van der Waals surface area contributed by atoms with Crippen LogP contribution in [0.2, 0.25) is 0 Å². The fourth-order valence-corrected chi connectivity index (χ4v) is 4.90. The number of benzene rings is 2. The molecule has 0 bridgehead atoms. The van der Waals surface area contributed by atoms with Gasteiger partial charge in [-0.25, -0.2) is 4.79 Å². The second kappa shape index (κ2) is 13.0. The van der Waals surface area contributed by atoms with Gasteiger partial charge in [0.15, 0.2) is 0 Å². The molecule has 5 heteroatoms. The zero-order valence-electron chi connectivity index (χ0n) is 22.0. The normalized spacial score (nSPS) is 18.4. The predicted octanol–water partition coefficient (Wildman–Crippen LogP) is 7.17. The first-order valence-corrected chi connectivity index (χ1v) is 13.3. The topological polar surface area (TPSA) is 59.0 Å². The van der Waals surface area contributed by atoms with E-state index in [4.69, 9.17) is 9.47 Å². The van der Waals surface area contributed by atoms with Gasteiger partial charge in [0, 0.05) is 12.1 Å². The Labute approximate surface area is 211 Å². The standard InChI is InChI=1S/C30H43NO4/c1-5-7-8-12-18-30(3,4)24-15-16-26(28(20-24)35-22-23-13-10-9-11-14-23)27-21-25(32)17-19-31(27)29(33)34-6-2/h9-11,13-16,20,25,27,32H,5-8,12,17-19,21-22H2,1-4H3. The highest BCUT2D eigenvalue weighted by atomic mass is 16.6. The van der Waals surface area contributed by atoms with Crippen molar-refractivity contribution in [3.8, 4) is 5.75 Å². The molecule has 5 nitrogen and oxygen atoms in total. The molecule has 3 rings (SSSR count). The number of piperidine rings is 1. The Bertz CT molecular complexity index is 927. The summed E-state index contributed by atoms with van der Waals surface area (Å²) in [5.74, 6) is 0.779. The number of hydrogen-bond acceptors (Lipinski definition) is 4. The van der Waals surface area contributed by atoms with Crippen molar-refractivity contribution in [3.63, 3.8) is 0 Å². The van der Waals surface area contributed by atoms with Crippen LogP contribution in [0.4, 0.5) is 4.79 Å². The van der Waals surface area contributed by atoms with Crippen molar-refractivity contribution in [1.82, 2.24) is 4.90 Å². The maximum absolute atomic E-state index is 12.8. The van der Waals surface area contributed by atoms with Crippen LogP contribution < -0.4 is 4.74 Å². The average Bonchev–Trinajstić information content (AvgIpc) is 2.86. The third-order valence-corrected chi connectivity index (χ3v) is 7.12. The zero-order valence-corrected chi connectivity index (χ0v) is 22.0. The number of unbranched alkanes of at least 4 members (excludes halogenated alkanes) is 3. The molecular weight excluding hydrogens is 438 g/mol. The molecule has 0 aromatic heterocycles. The lowest BCUT2D eigenvalue weighted by molar-refractivity contribution is 0.0293. The van der Waals surface area contributed by atoms with Crippen molar-refractivity contribution < 1.29 is 19.4 Å². The second-order valence-electron chi connectivity index (χ2n) is 10.3. The number of hydrogen-bond donors (Lipinski definition) is 1. The Balaban J connectivity index is 1.93. The molecule has 0 radical (unpaired) electrons. The minimum atomic E-state index is -0.456. The Kier molecular flexibility index (Phi) is 10.0. The molecule has 2 aromatic rings. The van der Waals surface area contributed by atoms with Gasteiger partial charge in [0.1, 0.15) is 12.4 Å². The summed E-state index contributed by atoms with van der Waals surface area (Å²) in [5.41, 5.74) is 3.27. The number of rotatable bonds is 11. The highest BCUT2D eigenvalue weighted by Crippen LogP contribution is 2.40. The van der Waals surface area contributed by atoms with E-state index >= 15 is 0 Å². The van der Waals surface area contributed by atoms with Crippen LogP contribution in [0, 0.1) is 0 Å². The maximum Gasteiger partial charge on any atom is 0.410 e. The molecular formula is C30H43NO4. The summed E-state index contributed by atoms with van der Waals surface area (Å²) in [5, 5.41) is 10.5. The van der Waals surface area contributed by atoms with Crippen LogP contribution in [-0.4, -0.2) is 35.4 Å². The van der Waals surface area contributed by atoms with E-state index in [-0.39, 0.29) is 17.6 Å².